The van der Waals surface area contributed by atoms with E-state index in [9.17, 15) is 18.4 Å². The Bertz CT molecular complexity index is 710. The normalized spacial score (nSPS) is 10.2. The highest BCUT2D eigenvalue weighted by Gasteiger charge is 2.17. The van der Waals surface area contributed by atoms with Gasteiger partial charge >= 0.3 is 0 Å². The molecule has 0 saturated heterocycles. The van der Waals surface area contributed by atoms with Crippen LogP contribution in [0.15, 0.2) is 42.5 Å². The van der Waals surface area contributed by atoms with Gasteiger partial charge in [0.15, 0.2) is 0 Å². The number of carbonyl (C=O) groups is 2. The standard InChI is InChI=1S/C16H14F2N2O2/c1-20(2)16(22)10-5-3-6-11(9-10)19-15(21)14-12(17)7-4-8-13(14)18/h3-9H,1-2H3,(H,19,21). The summed E-state index contributed by atoms with van der Waals surface area (Å²) in [5, 5.41) is 2.38. The highest BCUT2D eigenvalue weighted by molar-refractivity contribution is 6.05. The van der Waals surface area contributed by atoms with E-state index in [-0.39, 0.29) is 11.6 Å². The first-order valence-corrected chi connectivity index (χ1v) is 6.47. The van der Waals surface area contributed by atoms with E-state index in [1.165, 1.54) is 23.1 Å². The second kappa shape index (κ2) is 6.34. The van der Waals surface area contributed by atoms with Crippen molar-refractivity contribution in [2.24, 2.45) is 0 Å². The van der Waals surface area contributed by atoms with Crippen molar-refractivity contribution in [3.05, 3.63) is 65.2 Å². The number of anilines is 1. The zero-order chi connectivity index (χ0) is 16.3. The molecule has 0 bridgehead atoms. The molecule has 4 nitrogen and oxygen atoms in total. The molecule has 0 atom stereocenters. The van der Waals surface area contributed by atoms with Crippen LogP contribution in [0, 0.1) is 11.6 Å². The van der Waals surface area contributed by atoms with Gasteiger partial charge in [0.2, 0.25) is 0 Å². The molecule has 0 aliphatic carbocycles. The third-order valence-corrected chi connectivity index (χ3v) is 2.96. The summed E-state index contributed by atoms with van der Waals surface area (Å²) < 4.78 is 27.1. The number of nitrogens with zero attached hydrogens (tertiary/aromatic N) is 1. The minimum absolute atomic E-state index is 0.242. The van der Waals surface area contributed by atoms with Gasteiger partial charge in [-0.05, 0) is 30.3 Å². The second-order valence-corrected chi connectivity index (χ2v) is 4.83. The second-order valence-electron chi connectivity index (χ2n) is 4.83. The predicted molar refractivity (Wildman–Crippen MR) is 78.8 cm³/mol. The minimum atomic E-state index is -0.946. The summed E-state index contributed by atoms with van der Waals surface area (Å²) in [5.41, 5.74) is -0.0241. The Balaban J connectivity index is 2.26. The third-order valence-electron chi connectivity index (χ3n) is 2.96. The fourth-order valence-corrected chi connectivity index (χ4v) is 1.90. The molecule has 0 aliphatic rings. The van der Waals surface area contributed by atoms with E-state index in [0.717, 1.165) is 12.1 Å². The van der Waals surface area contributed by atoms with E-state index >= 15 is 0 Å². The van der Waals surface area contributed by atoms with Crippen molar-refractivity contribution in [1.82, 2.24) is 4.90 Å². The summed E-state index contributed by atoms with van der Waals surface area (Å²) in [4.78, 5) is 25.2. The Hall–Kier alpha value is -2.76. The van der Waals surface area contributed by atoms with Crippen LogP contribution in [0.3, 0.4) is 0 Å². The van der Waals surface area contributed by atoms with E-state index in [1.54, 1.807) is 26.2 Å². The topological polar surface area (TPSA) is 49.4 Å². The molecule has 114 valence electrons. The largest absolute Gasteiger partial charge is 0.345 e. The lowest BCUT2D eigenvalue weighted by atomic mass is 10.1. The van der Waals surface area contributed by atoms with Crippen molar-refractivity contribution in [1.29, 1.82) is 0 Å². The SMILES string of the molecule is CN(C)C(=O)c1cccc(NC(=O)c2c(F)cccc2F)c1. The fraction of sp³-hybridized carbons (Fsp3) is 0.125. The van der Waals surface area contributed by atoms with Crippen LogP contribution in [0.1, 0.15) is 20.7 Å². The minimum Gasteiger partial charge on any atom is -0.345 e. The van der Waals surface area contributed by atoms with Crippen LogP contribution in [0.4, 0.5) is 14.5 Å². The number of hydrogen-bond acceptors (Lipinski definition) is 2. The van der Waals surface area contributed by atoms with Crippen molar-refractivity contribution in [2.75, 3.05) is 19.4 Å². The van der Waals surface area contributed by atoms with Crippen molar-refractivity contribution in [2.45, 2.75) is 0 Å². The molecule has 2 aromatic carbocycles. The van der Waals surface area contributed by atoms with Crippen LogP contribution < -0.4 is 5.32 Å². The number of halogens is 2. The van der Waals surface area contributed by atoms with E-state index in [0.29, 0.717) is 5.56 Å². The van der Waals surface area contributed by atoms with Gasteiger partial charge in [-0.2, -0.15) is 0 Å². The maximum absolute atomic E-state index is 13.6. The van der Waals surface area contributed by atoms with Gasteiger partial charge in [0.25, 0.3) is 11.8 Å². The summed E-state index contributed by atoms with van der Waals surface area (Å²) in [5.74, 6) is -3.05. The maximum atomic E-state index is 13.6. The molecule has 0 unspecified atom stereocenters. The molecule has 2 aromatic rings. The first kappa shape index (κ1) is 15.6. The number of rotatable bonds is 3. The van der Waals surface area contributed by atoms with Gasteiger partial charge in [-0.3, -0.25) is 9.59 Å². The van der Waals surface area contributed by atoms with Crippen LogP contribution in [0.5, 0.6) is 0 Å². The summed E-state index contributed by atoms with van der Waals surface area (Å²) in [7, 11) is 3.20. The van der Waals surface area contributed by atoms with Gasteiger partial charge in [0.05, 0.1) is 0 Å². The van der Waals surface area contributed by atoms with Gasteiger partial charge in [-0.1, -0.05) is 12.1 Å². The number of benzene rings is 2. The molecule has 2 rings (SSSR count). The Morgan fingerprint density at radius 1 is 1.00 bits per heavy atom. The number of nitrogens with one attached hydrogen (secondary N) is 1. The summed E-state index contributed by atoms with van der Waals surface area (Å²) >= 11 is 0. The first-order valence-electron chi connectivity index (χ1n) is 6.47. The Morgan fingerprint density at radius 3 is 2.18 bits per heavy atom. The summed E-state index contributed by atoms with van der Waals surface area (Å²) in [6, 6.07) is 9.32. The molecule has 0 fully saturated rings. The highest BCUT2D eigenvalue weighted by Crippen LogP contribution is 2.17. The molecule has 0 saturated carbocycles. The Kier molecular flexibility index (Phi) is 4.50. The number of carbonyl (C=O) groups excluding carboxylic acids is 2. The molecule has 0 spiro atoms. The molecular weight excluding hydrogens is 290 g/mol. The van der Waals surface area contributed by atoms with Crippen LogP contribution in [-0.2, 0) is 0 Å². The average molecular weight is 304 g/mol. The molecule has 22 heavy (non-hydrogen) atoms. The van der Waals surface area contributed by atoms with Crippen molar-refractivity contribution >= 4 is 17.5 Å². The zero-order valence-corrected chi connectivity index (χ0v) is 12.1. The molecule has 2 amide bonds. The van der Waals surface area contributed by atoms with E-state index in [2.05, 4.69) is 5.32 Å². The van der Waals surface area contributed by atoms with Crippen LogP contribution >= 0.6 is 0 Å². The van der Waals surface area contributed by atoms with Crippen LogP contribution in [-0.4, -0.2) is 30.8 Å². The van der Waals surface area contributed by atoms with Crippen molar-refractivity contribution in [3.8, 4) is 0 Å². The number of hydrogen-bond donors (Lipinski definition) is 1. The zero-order valence-electron chi connectivity index (χ0n) is 12.1. The molecule has 0 heterocycles. The van der Waals surface area contributed by atoms with E-state index in [4.69, 9.17) is 0 Å². The molecule has 0 aliphatic heterocycles. The third kappa shape index (κ3) is 3.28. The lowest BCUT2D eigenvalue weighted by Gasteiger charge is -2.12. The lowest BCUT2D eigenvalue weighted by molar-refractivity contribution is 0.0827. The monoisotopic (exact) mass is 304 g/mol. The molecule has 0 radical (unpaired) electrons. The highest BCUT2D eigenvalue weighted by atomic mass is 19.1. The Morgan fingerprint density at radius 2 is 1.59 bits per heavy atom. The lowest BCUT2D eigenvalue weighted by Crippen LogP contribution is -2.22. The van der Waals surface area contributed by atoms with Gasteiger partial charge in [-0.25, -0.2) is 8.78 Å². The molecule has 0 aromatic heterocycles. The van der Waals surface area contributed by atoms with Gasteiger partial charge < -0.3 is 10.2 Å². The van der Waals surface area contributed by atoms with Crippen molar-refractivity contribution < 1.29 is 18.4 Å². The van der Waals surface area contributed by atoms with Gasteiger partial charge in [0.1, 0.15) is 17.2 Å². The quantitative estimate of drug-likeness (QED) is 0.948. The Labute approximate surface area is 126 Å². The average Bonchev–Trinajstić information content (AvgIpc) is 2.46. The van der Waals surface area contributed by atoms with Gasteiger partial charge in [-0.15, -0.1) is 0 Å². The first-order chi connectivity index (χ1) is 10.4. The van der Waals surface area contributed by atoms with Crippen molar-refractivity contribution in [3.63, 3.8) is 0 Å². The number of amides is 2. The summed E-state index contributed by atoms with van der Waals surface area (Å²) in [6.45, 7) is 0. The summed E-state index contributed by atoms with van der Waals surface area (Å²) in [6.07, 6.45) is 0. The maximum Gasteiger partial charge on any atom is 0.261 e. The molecule has 1 N–H and O–H groups in total. The predicted octanol–water partition coefficient (Wildman–Crippen LogP) is 2.92. The fourth-order valence-electron chi connectivity index (χ4n) is 1.90. The molecule has 6 heteroatoms. The van der Waals surface area contributed by atoms with Crippen LogP contribution in [0.2, 0.25) is 0 Å². The van der Waals surface area contributed by atoms with E-state index < -0.39 is 23.1 Å². The van der Waals surface area contributed by atoms with Gasteiger partial charge in [0, 0.05) is 25.3 Å². The van der Waals surface area contributed by atoms with Crippen LogP contribution in [0.25, 0.3) is 0 Å². The molecular formula is C16H14F2N2O2. The smallest absolute Gasteiger partial charge is 0.261 e. The van der Waals surface area contributed by atoms with E-state index in [1.807, 2.05) is 0 Å².